The van der Waals surface area contributed by atoms with Gasteiger partial charge in [-0.3, -0.25) is 0 Å². The van der Waals surface area contributed by atoms with Gasteiger partial charge >= 0.3 is 5.97 Å². The quantitative estimate of drug-likeness (QED) is 0.814. The highest BCUT2D eigenvalue weighted by Crippen LogP contribution is 2.38. The molecule has 0 atom stereocenters. The van der Waals surface area contributed by atoms with Crippen molar-refractivity contribution < 1.29 is 14.3 Å². The molecule has 4 nitrogen and oxygen atoms in total. The number of nitrogens with zero attached hydrogens (tertiary/aromatic N) is 1. The van der Waals surface area contributed by atoms with Crippen LogP contribution in [0.2, 0.25) is 0 Å². The highest BCUT2D eigenvalue weighted by Gasteiger charge is 2.22. The van der Waals surface area contributed by atoms with Crippen LogP contribution in [0.3, 0.4) is 0 Å². The van der Waals surface area contributed by atoms with Crippen molar-refractivity contribution >= 4 is 17.3 Å². The van der Waals surface area contributed by atoms with Crippen LogP contribution in [0, 0.1) is 0 Å². The van der Waals surface area contributed by atoms with Crippen molar-refractivity contribution in [2.45, 2.75) is 26.2 Å². The first-order valence-electron chi connectivity index (χ1n) is 7.07. The SMILES string of the molecule is CCOC(=O)c1nc2c(s1)-c1cc(OC)ccc1CCC2. The molecule has 0 saturated heterocycles. The van der Waals surface area contributed by atoms with Gasteiger partial charge in [0.25, 0.3) is 0 Å². The monoisotopic (exact) mass is 303 g/mol. The van der Waals surface area contributed by atoms with Crippen LogP contribution >= 0.6 is 11.3 Å². The third kappa shape index (κ3) is 2.65. The lowest BCUT2D eigenvalue weighted by Gasteiger charge is -2.07. The fraction of sp³-hybridized carbons (Fsp3) is 0.375. The van der Waals surface area contributed by atoms with Gasteiger partial charge in [0.15, 0.2) is 0 Å². The lowest BCUT2D eigenvalue weighted by atomic mass is 10.0. The highest BCUT2D eigenvalue weighted by atomic mass is 32.1. The van der Waals surface area contributed by atoms with Crippen molar-refractivity contribution in [3.05, 3.63) is 34.5 Å². The molecule has 0 fully saturated rings. The molecule has 1 aromatic heterocycles. The van der Waals surface area contributed by atoms with E-state index in [1.165, 1.54) is 16.9 Å². The summed E-state index contributed by atoms with van der Waals surface area (Å²) in [6, 6.07) is 6.12. The first-order chi connectivity index (χ1) is 10.2. The van der Waals surface area contributed by atoms with Crippen LogP contribution in [0.25, 0.3) is 10.4 Å². The van der Waals surface area contributed by atoms with E-state index in [1.807, 2.05) is 12.1 Å². The number of rotatable bonds is 3. The van der Waals surface area contributed by atoms with E-state index in [2.05, 4.69) is 11.1 Å². The van der Waals surface area contributed by atoms with E-state index in [0.717, 1.165) is 41.1 Å². The summed E-state index contributed by atoms with van der Waals surface area (Å²) in [5.41, 5.74) is 3.42. The minimum atomic E-state index is -0.333. The predicted octanol–water partition coefficient (Wildman–Crippen LogP) is 3.48. The minimum Gasteiger partial charge on any atom is -0.497 e. The van der Waals surface area contributed by atoms with Crippen molar-refractivity contribution in [2.75, 3.05) is 13.7 Å². The summed E-state index contributed by atoms with van der Waals surface area (Å²) in [5.74, 6) is 0.493. The average molecular weight is 303 g/mol. The van der Waals surface area contributed by atoms with Crippen molar-refractivity contribution in [1.29, 1.82) is 0 Å². The Balaban J connectivity index is 2.08. The lowest BCUT2D eigenvalue weighted by Crippen LogP contribution is -2.04. The molecule has 1 aliphatic carbocycles. The Morgan fingerprint density at radius 2 is 2.24 bits per heavy atom. The molecular formula is C16H17NO3S. The molecule has 1 aromatic carbocycles. The summed E-state index contributed by atoms with van der Waals surface area (Å²) in [6.45, 7) is 2.17. The van der Waals surface area contributed by atoms with Crippen LogP contribution in [0.15, 0.2) is 18.2 Å². The van der Waals surface area contributed by atoms with Gasteiger partial charge in [-0.25, -0.2) is 9.78 Å². The second-order valence-electron chi connectivity index (χ2n) is 4.89. The van der Waals surface area contributed by atoms with Crippen LogP contribution < -0.4 is 4.74 Å². The summed E-state index contributed by atoms with van der Waals surface area (Å²) < 4.78 is 10.4. The van der Waals surface area contributed by atoms with Gasteiger partial charge in [0.1, 0.15) is 5.75 Å². The molecule has 21 heavy (non-hydrogen) atoms. The van der Waals surface area contributed by atoms with Gasteiger partial charge in [0, 0.05) is 5.56 Å². The zero-order valence-corrected chi connectivity index (χ0v) is 13.0. The van der Waals surface area contributed by atoms with Crippen LogP contribution in [0.4, 0.5) is 0 Å². The Bertz CT molecular complexity index is 678. The molecule has 0 spiro atoms. The number of carbonyl (C=O) groups is 1. The van der Waals surface area contributed by atoms with Gasteiger partial charge in [-0.2, -0.15) is 0 Å². The standard InChI is InChI=1S/C16H17NO3S/c1-3-20-16(18)15-17-13-6-4-5-10-7-8-11(19-2)9-12(10)14(13)21-15/h7-9H,3-6H2,1-2H3. The molecule has 0 unspecified atom stereocenters. The van der Waals surface area contributed by atoms with E-state index < -0.39 is 0 Å². The first-order valence-corrected chi connectivity index (χ1v) is 7.88. The second kappa shape index (κ2) is 5.85. The van der Waals surface area contributed by atoms with Gasteiger partial charge in [0.2, 0.25) is 5.01 Å². The molecule has 5 heteroatoms. The average Bonchev–Trinajstić information content (AvgIpc) is 2.85. The predicted molar refractivity (Wildman–Crippen MR) is 82.1 cm³/mol. The molecule has 110 valence electrons. The van der Waals surface area contributed by atoms with E-state index in [9.17, 15) is 4.79 Å². The smallest absolute Gasteiger partial charge is 0.367 e. The molecule has 0 N–H and O–H groups in total. The molecule has 3 rings (SSSR count). The minimum absolute atomic E-state index is 0.333. The van der Waals surface area contributed by atoms with E-state index >= 15 is 0 Å². The molecule has 1 heterocycles. The molecule has 0 radical (unpaired) electrons. The summed E-state index contributed by atoms with van der Waals surface area (Å²) >= 11 is 1.42. The van der Waals surface area contributed by atoms with Gasteiger partial charge < -0.3 is 9.47 Å². The Labute approximate surface area is 127 Å². The number of methoxy groups -OCH3 is 1. The Kier molecular flexibility index (Phi) is 3.92. The van der Waals surface area contributed by atoms with Gasteiger partial charge in [0.05, 0.1) is 24.3 Å². The number of carbonyl (C=O) groups excluding carboxylic acids is 1. The van der Waals surface area contributed by atoms with Gasteiger partial charge in [-0.05, 0) is 43.9 Å². The lowest BCUT2D eigenvalue weighted by molar-refractivity contribution is 0.0525. The van der Waals surface area contributed by atoms with Crippen LogP contribution in [-0.4, -0.2) is 24.7 Å². The first kappa shape index (κ1) is 14.1. The zero-order chi connectivity index (χ0) is 14.8. The van der Waals surface area contributed by atoms with E-state index in [4.69, 9.17) is 9.47 Å². The molecule has 2 aromatic rings. The van der Waals surface area contributed by atoms with E-state index in [1.54, 1.807) is 14.0 Å². The summed E-state index contributed by atoms with van der Waals surface area (Å²) in [4.78, 5) is 17.4. The number of ether oxygens (including phenoxy) is 2. The topological polar surface area (TPSA) is 48.4 Å². The van der Waals surface area contributed by atoms with Crippen LogP contribution in [0.1, 0.15) is 34.4 Å². The number of aryl methyl sites for hydroxylation is 2. The molecule has 0 amide bonds. The number of esters is 1. The van der Waals surface area contributed by atoms with Crippen molar-refractivity contribution in [3.8, 4) is 16.2 Å². The third-order valence-corrected chi connectivity index (χ3v) is 4.68. The van der Waals surface area contributed by atoms with Gasteiger partial charge in [-0.1, -0.05) is 6.07 Å². The molecular weight excluding hydrogens is 286 g/mol. The summed E-state index contributed by atoms with van der Waals surface area (Å²) in [7, 11) is 1.66. The Morgan fingerprint density at radius 3 is 3.00 bits per heavy atom. The molecule has 0 saturated carbocycles. The summed E-state index contributed by atoms with van der Waals surface area (Å²) in [5, 5.41) is 0.442. The second-order valence-corrected chi connectivity index (χ2v) is 5.89. The van der Waals surface area contributed by atoms with Crippen molar-refractivity contribution in [1.82, 2.24) is 4.98 Å². The van der Waals surface area contributed by atoms with Crippen molar-refractivity contribution in [2.24, 2.45) is 0 Å². The van der Waals surface area contributed by atoms with E-state index in [0.29, 0.717) is 11.6 Å². The summed E-state index contributed by atoms with van der Waals surface area (Å²) in [6.07, 6.45) is 2.96. The fourth-order valence-electron chi connectivity index (χ4n) is 2.57. The third-order valence-electron chi connectivity index (χ3n) is 3.57. The normalized spacial score (nSPS) is 13.0. The fourth-order valence-corrected chi connectivity index (χ4v) is 3.63. The maximum absolute atomic E-state index is 11.9. The zero-order valence-electron chi connectivity index (χ0n) is 12.1. The molecule has 1 aliphatic rings. The molecule has 0 bridgehead atoms. The number of hydrogen-bond acceptors (Lipinski definition) is 5. The Hall–Kier alpha value is -1.88. The maximum Gasteiger partial charge on any atom is 0.367 e. The van der Waals surface area contributed by atoms with E-state index in [-0.39, 0.29) is 5.97 Å². The van der Waals surface area contributed by atoms with Crippen LogP contribution in [-0.2, 0) is 17.6 Å². The van der Waals surface area contributed by atoms with Crippen molar-refractivity contribution in [3.63, 3.8) is 0 Å². The number of aromatic nitrogens is 1. The molecule has 0 aliphatic heterocycles. The van der Waals surface area contributed by atoms with Gasteiger partial charge in [-0.15, -0.1) is 11.3 Å². The highest BCUT2D eigenvalue weighted by molar-refractivity contribution is 7.17. The Morgan fingerprint density at radius 1 is 1.38 bits per heavy atom. The number of benzene rings is 1. The maximum atomic E-state index is 11.9. The number of hydrogen-bond donors (Lipinski definition) is 0. The largest absolute Gasteiger partial charge is 0.497 e. The number of thiazole rings is 1. The van der Waals surface area contributed by atoms with Crippen LogP contribution in [0.5, 0.6) is 5.75 Å². The number of fused-ring (bicyclic) bond motifs is 3.